The van der Waals surface area contributed by atoms with Gasteiger partial charge in [-0.3, -0.25) is 29.2 Å². The topological polar surface area (TPSA) is 87.5 Å². The number of likely N-dealkylation sites (tertiary alicyclic amines) is 1. The first-order valence-corrected chi connectivity index (χ1v) is 20.7. The van der Waals surface area contributed by atoms with Crippen LogP contribution in [0.15, 0.2) is 53.3 Å². The monoisotopic (exact) mass is 765 g/mol. The maximum Gasteiger partial charge on any atom is 0.282 e. The van der Waals surface area contributed by atoms with E-state index in [1.807, 2.05) is 12.1 Å². The number of piperidine rings is 2. The number of fused-ring (bicyclic) bond motifs is 7. The van der Waals surface area contributed by atoms with Gasteiger partial charge in [0.05, 0.1) is 32.9 Å². The summed E-state index contributed by atoms with van der Waals surface area (Å²) in [7, 11) is 0. The Balaban J connectivity index is 0.795. The van der Waals surface area contributed by atoms with Crippen LogP contribution in [0.3, 0.4) is 0 Å². The Labute approximate surface area is 324 Å². The smallest absolute Gasteiger partial charge is 0.282 e. The molecule has 2 spiro atoms. The van der Waals surface area contributed by atoms with Gasteiger partial charge in [-0.1, -0.05) is 49.1 Å². The van der Waals surface area contributed by atoms with E-state index in [1.165, 1.54) is 35.4 Å². The first-order chi connectivity index (χ1) is 26.6. The number of halogens is 3. The molecule has 2 saturated carbocycles. The van der Waals surface area contributed by atoms with Crippen LogP contribution in [-0.2, 0) is 15.0 Å². The van der Waals surface area contributed by atoms with Crippen LogP contribution in [0.25, 0.3) is 16.6 Å². The molecule has 1 N–H and O–H groups in total. The number of hydrogen-bond acceptors (Lipinski definition) is 6. The second kappa shape index (κ2) is 13.2. The van der Waals surface area contributed by atoms with Crippen molar-refractivity contribution in [3.05, 3.63) is 98.1 Å². The fraction of sp³-hybridized carbons (Fsp3) is 0.500. The molecule has 5 fully saturated rings. The molecule has 0 radical (unpaired) electrons. The molecule has 286 valence electrons. The fourth-order valence-electron chi connectivity index (χ4n) is 11.4. The van der Waals surface area contributed by atoms with Crippen molar-refractivity contribution in [3.8, 4) is 5.69 Å². The highest BCUT2D eigenvalue weighted by molar-refractivity contribution is 6.35. The Bertz CT molecular complexity index is 2270. The Kier molecular flexibility index (Phi) is 8.48. The van der Waals surface area contributed by atoms with E-state index in [2.05, 4.69) is 37.9 Å². The van der Waals surface area contributed by atoms with Crippen LogP contribution in [-0.4, -0.2) is 58.5 Å². The van der Waals surface area contributed by atoms with E-state index in [0.29, 0.717) is 28.1 Å². The first-order valence-electron chi connectivity index (χ1n) is 20.3. The summed E-state index contributed by atoms with van der Waals surface area (Å²) in [5.74, 6) is -2.10. The minimum atomic E-state index is -0.987. The molecule has 5 heterocycles. The largest absolute Gasteiger partial charge is 0.371 e. The zero-order chi connectivity index (χ0) is 37.6. The highest BCUT2D eigenvalue weighted by Gasteiger charge is 2.49. The lowest BCUT2D eigenvalue weighted by Gasteiger charge is -2.57. The third-order valence-corrected chi connectivity index (χ3v) is 14.7. The molecule has 6 aliphatic rings. The lowest BCUT2D eigenvalue weighted by molar-refractivity contribution is -0.134. The van der Waals surface area contributed by atoms with E-state index in [4.69, 9.17) is 16.6 Å². The summed E-state index contributed by atoms with van der Waals surface area (Å²) >= 11 is 6.60. The van der Waals surface area contributed by atoms with E-state index < -0.39 is 29.4 Å². The van der Waals surface area contributed by atoms with Gasteiger partial charge in [-0.15, -0.1) is 0 Å². The zero-order valence-electron chi connectivity index (χ0n) is 31.0. The Morgan fingerprint density at radius 1 is 0.836 bits per heavy atom. The Morgan fingerprint density at radius 3 is 2.27 bits per heavy atom. The number of rotatable bonds is 4. The van der Waals surface area contributed by atoms with Crippen LogP contribution >= 0.6 is 11.6 Å². The van der Waals surface area contributed by atoms with Crippen molar-refractivity contribution in [2.45, 2.75) is 107 Å². The molecule has 3 saturated heterocycles. The maximum atomic E-state index is 15.3. The van der Waals surface area contributed by atoms with E-state index >= 15 is 8.78 Å². The quantitative estimate of drug-likeness (QED) is 0.212. The van der Waals surface area contributed by atoms with Gasteiger partial charge >= 0.3 is 0 Å². The highest BCUT2D eigenvalue weighted by Crippen LogP contribution is 2.53. The summed E-state index contributed by atoms with van der Waals surface area (Å²) in [5.41, 5.74) is 4.77. The summed E-state index contributed by atoms with van der Waals surface area (Å²) in [6, 6.07) is 16.1. The van der Waals surface area contributed by atoms with Gasteiger partial charge in [0.2, 0.25) is 11.8 Å². The maximum absolute atomic E-state index is 15.3. The number of hydrogen-bond donors (Lipinski definition) is 1. The lowest BCUT2D eigenvalue weighted by Crippen LogP contribution is -2.63. The third-order valence-electron chi connectivity index (χ3n) is 14.4. The number of aromatic nitrogens is 2. The predicted octanol–water partition coefficient (Wildman–Crippen LogP) is 8.03. The molecule has 2 amide bonds. The fourth-order valence-corrected chi connectivity index (χ4v) is 11.7. The normalized spacial score (nSPS) is 25.9. The van der Waals surface area contributed by atoms with Gasteiger partial charge in [0.15, 0.2) is 0 Å². The van der Waals surface area contributed by atoms with E-state index in [9.17, 15) is 14.4 Å². The van der Waals surface area contributed by atoms with Crippen molar-refractivity contribution >= 4 is 40.0 Å². The first kappa shape index (κ1) is 35.3. The average Bonchev–Trinajstić information content (AvgIpc) is 3.42. The molecule has 4 aromatic rings. The molecule has 11 heteroatoms. The van der Waals surface area contributed by atoms with E-state index in [1.54, 1.807) is 6.07 Å². The second-order valence-corrected chi connectivity index (χ2v) is 17.8. The minimum Gasteiger partial charge on any atom is -0.371 e. The Morgan fingerprint density at radius 2 is 1.56 bits per heavy atom. The van der Waals surface area contributed by atoms with Gasteiger partial charge in [0.25, 0.3) is 5.56 Å². The van der Waals surface area contributed by atoms with E-state index in [-0.39, 0.29) is 34.8 Å². The molecular formula is C44H46ClF2N5O3. The Hall–Kier alpha value is -4.15. The number of nitrogens with zero attached hydrogens (tertiary/aromatic N) is 4. The number of nitrogens with one attached hydrogen (secondary N) is 1. The molecule has 8 nitrogen and oxygen atoms in total. The molecule has 3 aromatic carbocycles. The second-order valence-electron chi connectivity index (χ2n) is 17.4. The standard InChI is InChI=1S/C44H46ClF2N5O3/c45-32-5-4-6-35-39(32)41(55)49-42-44(15-2-1-3-16-44)31-13-9-27(21-36(31)52(35)42)26-7-10-28(11-8-26)51-24-43(25-51)17-19-50(20-18-43)29-22-33(46)38(34(47)23-29)30-12-14-37(53)48-40(30)54/h4-6,9,13,21-23,26,28,30H,1-3,7-8,10-12,14-20,24-25H2,(H,48,53,54). The van der Waals surface area contributed by atoms with Gasteiger partial charge in [-0.2, -0.15) is 4.98 Å². The van der Waals surface area contributed by atoms with Crippen molar-refractivity contribution < 1.29 is 18.4 Å². The van der Waals surface area contributed by atoms with Gasteiger partial charge in [-0.25, -0.2) is 8.78 Å². The van der Waals surface area contributed by atoms with Gasteiger partial charge in [0.1, 0.15) is 17.5 Å². The molecule has 0 bridgehead atoms. The van der Waals surface area contributed by atoms with Crippen molar-refractivity contribution in [1.82, 2.24) is 19.8 Å². The molecule has 55 heavy (non-hydrogen) atoms. The number of benzene rings is 3. The molecule has 10 rings (SSSR count). The molecule has 1 unspecified atom stereocenters. The van der Waals surface area contributed by atoms with Crippen molar-refractivity contribution in [1.29, 1.82) is 0 Å². The third kappa shape index (κ3) is 5.67. The molecule has 1 atom stereocenters. The number of amides is 2. The highest BCUT2D eigenvalue weighted by atomic mass is 35.5. The summed E-state index contributed by atoms with van der Waals surface area (Å²) in [5, 5.41) is 3.16. The number of imide groups is 1. The van der Waals surface area contributed by atoms with Crippen LogP contribution in [0.4, 0.5) is 14.5 Å². The van der Waals surface area contributed by atoms with Crippen LogP contribution in [0.1, 0.15) is 118 Å². The summed E-state index contributed by atoms with van der Waals surface area (Å²) in [6.45, 7) is 3.63. The minimum absolute atomic E-state index is 0.0749. The van der Waals surface area contributed by atoms with Crippen LogP contribution in [0.5, 0.6) is 0 Å². The summed E-state index contributed by atoms with van der Waals surface area (Å²) in [4.78, 5) is 46.7. The van der Waals surface area contributed by atoms with Crippen LogP contribution < -0.4 is 15.8 Å². The zero-order valence-corrected chi connectivity index (χ0v) is 31.8. The predicted molar refractivity (Wildman–Crippen MR) is 208 cm³/mol. The molecule has 4 aliphatic heterocycles. The SMILES string of the molecule is O=C1CCC(c2c(F)cc(N3CCC4(CC3)CN(C3CCC(c5ccc6c(c5)-n5c(nc(=O)c7c(Cl)cccc75)C65CCCCC5)CC3)C4)cc2F)C(=O)N1. The number of carbonyl (C=O) groups is 2. The summed E-state index contributed by atoms with van der Waals surface area (Å²) < 4.78 is 32.8. The average molecular weight is 766 g/mol. The van der Waals surface area contributed by atoms with Gasteiger partial charge in [0, 0.05) is 49.9 Å². The summed E-state index contributed by atoms with van der Waals surface area (Å²) in [6.07, 6.45) is 12.2. The van der Waals surface area contributed by atoms with Crippen molar-refractivity contribution in [2.24, 2.45) is 5.41 Å². The number of anilines is 1. The van der Waals surface area contributed by atoms with Crippen molar-refractivity contribution in [2.75, 3.05) is 31.1 Å². The number of carbonyl (C=O) groups excluding carboxylic acids is 2. The van der Waals surface area contributed by atoms with Gasteiger partial charge < -0.3 is 4.90 Å². The molecule has 2 aliphatic carbocycles. The molecule has 1 aromatic heterocycles. The van der Waals surface area contributed by atoms with Gasteiger partial charge in [-0.05, 0) is 111 Å². The van der Waals surface area contributed by atoms with Crippen LogP contribution in [0, 0.1) is 17.0 Å². The lowest BCUT2D eigenvalue weighted by atomic mass is 9.69. The molecular weight excluding hydrogens is 720 g/mol. The van der Waals surface area contributed by atoms with Crippen molar-refractivity contribution in [3.63, 3.8) is 0 Å². The van der Waals surface area contributed by atoms with E-state index in [0.717, 1.165) is 102 Å². The van der Waals surface area contributed by atoms with Crippen LogP contribution in [0.2, 0.25) is 5.02 Å².